The van der Waals surface area contributed by atoms with Gasteiger partial charge in [0.25, 0.3) is 0 Å². The van der Waals surface area contributed by atoms with Crippen LogP contribution in [0.4, 0.5) is 5.69 Å². The summed E-state index contributed by atoms with van der Waals surface area (Å²) in [5, 5.41) is 2.95. The van der Waals surface area contributed by atoms with E-state index in [1.165, 1.54) is 0 Å². The van der Waals surface area contributed by atoms with E-state index in [-0.39, 0.29) is 18.5 Å². The van der Waals surface area contributed by atoms with E-state index in [4.69, 9.17) is 4.74 Å². The number of nitrogens with zero attached hydrogens (tertiary/aromatic N) is 1. The number of ether oxygens (including phenoxy) is 1. The minimum atomic E-state index is -3.60. The van der Waals surface area contributed by atoms with Crippen LogP contribution in [-0.4, -0.2) is 34.2 Å². The number of amides is 1. The normalized spacial score (nSPS) is 12.3. The van der Waals surface area contributed by atoms with Crippen LogP contribution in [0.1, 0.15) is 36.1 Å². The third kappa shape index (κ3) is 5.25. The first kappa shape index (κ1) is 21.8. The third-order valence-electron chi connectivity index (χ3n) is 4.64. The Morgan fingerprint density at radius 2 is 1.82 bits per heavy atom. The smallest absolute Gasteiger partial charge is 0.241 e. The van der Waals surface area contributed by atoms with E-state index < -0.39 is 10.0 Å². The quantitative estimate of drug-likeness (QED) is 0.732. The second kappa shape index (κ2) is 9.10. The van der Waals surface area contributed by atoms with E-state index in [1.807, 2.05) is 51.1 Å². The van der Waals surface area contributed by atoms with Gasteiger partial charge in [-0.2, -0.15) is 0 Å². The lowest BCUT2D eigenvalue weighted by molar-refractivity contribution is -0.120. The zero-order chi connectivity index (χ0) is 20.9. The lowest BCUT2D eigenvalue weighted by atomic mass is 10.0. The first-order valence-electron chi connectivity index (χ1n) is 9.14. The SMILES string of the molecule is CCC(NC(=O)CN(c1ccccc1C)S(C)(=O)=O)c1ccc(OC)c(C)c1. The van der Waals surface area contributed by atoms with Crippen LogP contribution in [-0.2, 0) is 14.8 Å². The van der Waals surface area contributed by atoms with Crippen molar-refractivity contribution < 1.29 is 17.9 Å². The fourth-order valence-corrected chi connectivity index (χ4v) is 4.05. The number of rotatable bonds is 8. The molecule has 0 saturated heterocycles. The maximum atomic E-state index is 12.7. The van der Waals surface area contributed by atoms with E-state index in [0.717, 1.165) is 33.0 Å². The van der Waals surface area contributed by atoms with Crippen LogP contribution in [0, 0.1) is 13.8 Å². The third-order valence-corrected chi connectivity index (χ3v) is 5.76. The molecular weight excluding hydrogens is 376 g/mol. The molecule has 2 aromatic carbocycles. The Labute approximate surface area is 167 Å². The molecule has 0 bridgehead atoms. The molecule has 0 fully saturated rings. The standard InChI is InChI=1S/C21H28N2O4S/c1-6-18(17-11-12-20(27-4)16(3)13-17)22-21(24)14-23(28(5,25)26)19-10-8-7-9-15(19)2/h7-13,18H,6,14H2,1-5H3,(H,22,24). The molecule has 1 unspecified atom stereocenters. The summed E-state index contributed by atoms with van der Waals surface area (Å²) in [6, 6.07) is 12.7. The summed E-state index contributed by atoms with van der Waals surface area (Å²) in [6.07, 6.45) is 1.79. The van der Waals surface area contributed by atoms with Crippen molar-refractivity contribution in [2.45, 2.75) is 33.2 Å². The number of sulfonamides is 1. The summed E-state index contributed by atoms with van der Waals surface area (Å²) >= 11 is 0. The van der Waals surface area contributed by atoms with Gasteiger partial charge in [0.05, 0.1) is 25.1 Å². The molecule has 6 nitrogen and oxygen atoms in total. The number of nitrogens with one attached hydrogen (secondary N) is 1. The molecule has 0 aliphatic heterocycles. The highest BCUT2D eigenvalue weighted by molar-refractivity contribution is 7.92. The molecular formula is C21H28N2O4S. The number of aryl methyl sites for hydroxylation is 2. The summed E-state index contributed by atoms with van der Waals surface area (Å²) in [4.78, 5) is 12.7. The Bertz CT molecular complexity index is 941. The average Bonchev–Trinajstić information content (AvgIpc) is 2.64. The second-order valence-corrected chi connectivity index (χ2v) is 8.72. The molecule has 0 aliphatic rings. The summed E-state index contributed by atoms with van der Waals surface area (Å²) in [7, 11) is -1.98. The Balaban J connectivity index is 2.21. The van der Waals surface area contributed by atoms with Crippen LogP contribution in [0.3, 0.4) is 0 Å². The molecule has 152 valence electrons. The Hall–Kier alpha value is -2.54. The fraction of sp³-hybridized carbons (Fsp3) is 0.381. The van der Waals surface area contributed by atoms with Gasteiger partial charge in [-0.3, -0.25) is 9.10 Å². The van der Waals surface area contributed by atoms with E-state index in [1.54, 1.807) is 19.2 Å². The lowest BCUT2D eigenvalue weighted by Crippen LogP contribution is -2.41. The molecule has 1 amide bonds. The fourth-order valence-electron chi connectivity index (χ4n) is 3.13. The maximum absolute atomic E-state index is 12.7. The van der Waals surface area contributed by atoms with E-state index >= 15 is 0 Å². The first-order chi connectivity index (χ1) is 13.2. The summed E-state index contributed by atoms with van der Waals surface area (Å²) < 4.78 is 31.0. The van der Waals surface area contributed by atoms with Crippen molar-refractivity contribution in [1.29, 1.82) is 0 Å². The predicted octanol–water partition coefficient (Wildman–Crippen LogP) is 3.35. The molecule has 1 N–H and O–H groups in total. The Morgan fingerprint density at radius 1 is 1.14 bits per heavy atom. The van der Waals surface area contributed by atoms with Gasteiger partial charge in [-0.15, -0.1) is 0 Å². The van der Waals surface area contributed by atoms with Gasteiger partial charge in [-0.1, -0.05) is 37.3 Å². The largest absolute Gasteiger partial charge is 0.496 e. The van der Waals surface area contributed by atoms with Crippen molar-refractivity contribution in [3.05, 3.63) is 59.2 Å². The Morgan fingerprint density at radius 3 is 2.36 bits per heavy atom. The van der Waals surface area contributed by atoms with Crippen LogP contribution in [0.15, 0.2) is 42.5 Å². The monoisotopic (exact) mass is 404 g/mol. The van der Waals surface area contributed by atoms with Gasteiger partial charge in [0, 0.05) is 0 Å². The van der Waals surface area contributed by atoms with Crippen LogP contribution >= 0.6 is 0 Å². The number of anilines is 1. The van der Waals surface area contributed by atoms with Gasteiger partial charge >= 0.3 is 0 Å². The van der Waals surface area contributed by atoms with Crippen molar-refractivity contribution in [2.75, 3.05) is 24.2 Å². The molecule has 0 aliphatic carbocycles. The highest BCUT2D eigenvalue weighted by Gasteiger charge is 2.23. The second-order valence-electron chi connectivity index (χ2n) is 6.81. The van der Waals surface area contributed by atoms with Gasteiger partial charge in [0.15, 0.2) is 0 Å². The minimum absolute atomic E-state index is 0.213. The molecule has 7 heteroatoms. The topological polar surface area (TPSA) is 75.7 Å². The predicted molar refractivity (Wildman–Crippen MR) is 112 cm³/mol. The number of hydrogen-bond donors (Lipinski definition) is 1. The highest BCUT2D eigenvalue weighted by atomic mass is 32.2. The van der Waals surface area contributed by atoms with Gasteiger partial charge < -0.3 is 10.1 Å². The molecule has 28 heavy (non-hydrogen) atoms. The van der Waals surface area contributed by atoms with E-state index in [9.17, 15) is 13.2 Å². The zero-order valence-electron chi connectivity index (χ0n) is 17.0. The van der Waals surface area contributed by atoms with Crippen molar-refractivity contribution in [3.63, 3.8) is 0 Å². The molecule has 1 atom stereocenters. The zero-order valence-corrected chi connectivity index (χ0v) is 17.8. The van der Waals surface area contributed by atoms with Gasteiger partial charge in [0.1, 0.15) is 12.3 Å². The van der Waals surface area contributed by atoms with Crippen LogP contribution in [0.2, 0.25) is 0 Å². The number of para-hydroxylation sites is 1. The van der Waals surface area contributed by atoms with Crippen molar-refractivity contribution >= 4 is 21.6 Å². The molecule has 0 heterocycles. The van der Waals surface area contributed by atoms with E-state index in [2.05, 4.69) is 5.32 Å². The molecule has 0 saturated carbocycles. The highest BCUT2D eigenvalue weighted by Crippen LogP contribution is 2.25. The molecule has 0 aromatic heterocycles. The average molecular weight is 405 g/mol. The summed E-state index contributed by atoms with van der Waals surface area (Å²) in [5.74, 6) is 0.432. The van der Waals surface area contributed by atoms with Crippen LogP contribution in [0.25, 0.3) is 0 Å². The van der Waals surface area contributed by atoms with Crippen molar-refractivity contribution in [2.24, 2.45) is 0 Å². The lowest BCUT2D eigenvalue weighted by Gasteiger charge is -2.25. The van der Waals surface area contributed by atoms with Crippen LogP contribution < -0.4 is 14.4 Å². The maximum Gasteiger partial charge on any atom is 0.241 e. The molecule has 2 rings (SSSR count). The molecule has 2 aromatic rings. The Kier molecular flexibility index (Phi) is 7.07. The first-order valence-corrected chi connectivity index (χ1v) is 11.0. The number of carbonyl (C=O) groups is 1. The van der Waals surface area contributed by atoms with Gasteiger partial charge in [0.2, 0.25) is 15.9 Å². The summed E-state index contributed by atoms with van der Waals surface area (Å²) in [6.45, 7) is 5.47. The van der Waals surface area contributed by atoms with Crippen molar-refractivity contribution in [1.82, 2.24) is 5.32 Å². The molecule has 0 radical (unpaired) electrons. The summed E-state index contributed by atoms with van der Waals surface area (Å²) in [5.41, 5.74) is 3.23. The van der Waals surface area contributed by atoms with Gasteiger partial charge in [-0.05, 0) is 49.1 Å². The van der Waals surface area contributed by atoms with Crippen molar-refractivity contribution in [3.8, 4) is 5.75 Å². The number of benzene rings is 2. The molecule has 0 spiro atoms. The van der Waals surface area contributed by atoms with Crippen LogP contribution in [0.5, 0.6) is 5.75 Å². The number of methoxy groups -OCH3 is 1. The van der Waals surface area contributed by atoms with E-state index in [0.29, 0.717) is 12.1 Å². The number of hydrogen-bond acceptors (Lipinski definition) is 4. The van der Waals surface area contributed by atoms with Gasteiger partial charge in [-0.25, -0.2) is 8.42 Å². The number of carbonyl (C=O) groups excluding carboxylic acids is 1. The minimum Gasteiger partial charge on any atom is -0.496 e.